The van der Waals surface area contributed by atoms with Crippen LogP contribution in [0.5, 0.6) is 0 Å². The van der Waals surface area contributed by atoms with E-state index in [1.54, 1.807) is 0 Å². The first-order chi connectivity index (χ1) is 7.09. The fourth-order valence-electron chi connectivity index (χ4n) is 1.62. The van der Waals surface area contributed by atoms with Crippen LogP contribution in [0.2, 0.25) is 0 Å². The Morgan fingerprint density at radius 2 is 2.00 bits per heavy atom. The molecule has 0 spiro atoms. The van der Waals surface area contributed by atoms with Gasteiger partial charge in [-0.15, -0.1) is 0 Å². The zero-order valence-corrected chi connectivity index (χ0v) is 9.35. The van der Waals surface area contributed by atoms with Crippen molar-refractivity contribution >= 4 is 27.5 Å². The third-order valence-corrected chi connectivity index (χ3v) is 2.96. The van der Waals surface area contributed by atoms with E-state index < -0.39 is 11.6 Å². The molecule has 15 heavy (non-hydrogen) atoms. The minimum Gasteiger partial charge on any atom is -0.310 e. The highest BCUT2D eigenvalue weighted by molar-refractivity contribution is 9.10. The number of carbonyl (C=O) groups excluding carboxylic acids is 1. The highest BCUT2D eigenvalue weighted by Crippen LogP contribution is 2.28. The molecule has 1 fully saturated rings. The van der Waals surface area contributed by atoms with Crippen molar-refractivity contribution in [3.05, 3.63) is 28.2 Å². The molecule has 2 nitrogen and oxygen atoms in total. The van der Waals surface area contributed by atoms with Crippen molar-refractivity contribution in [2.75, 3.05) is 11.4 Å². The molecule has 1 aromatic rings. The average molecular weight is 276 g/mol. The van der Waals surface area contributed by atoms with Crippen LogP contribution in [0.15, 0.2) is 16.6 Å². The summed E-state index contributed by atoms with van der Waals surface area (Å²) in [6.45, 7) is 0.455. The lowest BCUT2D eigenvalue weighted by atomic mass is 10.2. The van der Waals surface area contributed by atoms with E-state index in [4.69, 9.17) is 0 Å². The number of hydrogen-bond donors (Lipinski definition) is 0. The molecule has 0 radical (unpaired) electrons. The lowest BCUT2D eigenvalue weighted by Crippen LogP contribution is -2.24. The van der Waals surface area contributed by atoms with Crippen molar-refractivity contribution in [3.63, 3.8) is 0 Å². The molecule has 1 aliphatic rings. The molecule has 0 unspecified atom stereocenters. The Morgan fingerprint density at radius 1 is 1.27 bits per heavy atom. The number of hydrogen-bond acceptors (Lipinski definition) is 1. The summed E-state index contributed by atoms with van der Waals surface area (Å²) in [4.78, 5) is 12.6. The minimum atomic E-state index is -0.585. The number of benzene rings is 1. The van der Waals surface area contributed by atoms with Crippen LogP contribution in [0.1, 0.15) is 12.8 Å². The van der Waals surface area contributed by atoms with Gasteiger partial charge in [0.25, 0.3) is 0 Å². The second-order valence-electron chi connectivity index (χ2n) is 3.37. The van der Waals surface area contributed by atoms with Gasteiger partial charge in [-0.3, -0.25) is 4.79 Å². The van der Waals surface area contributed by atoms with Crippen LogP contribution >= 0.6 is 15.9 Å². The number of anilines is 1. The quantitative estimate of drug-likeness (QED) is 0.722. The predicted octanol–water partition coefficient (Wildman–Crippen LogP) is 2.85. The molecule has 1 heterocycles. The topological polar surface area (TPSA) is 20.3 Å². The van der Waals surface area contributed by atoms with E-state index in [0.717, 1.165) is 12.1 Å². The van der Waals surface area contributed by atoms with Gasteiger partial charge in [0.15, 0.2) is 0 Å². The van der Waals surface area contributed by atoms with E-state index in [0.29, 0.717) is 19.4 Å². The zero-order chi connectivity index (χ0) is 11.0. The molecule has 0 saturated carbocycles. The molecule has 0 aliphatic carbocycles. The van der Waals surface area contributed by atoms with E-state index >= 15 is 0 Å². The molecule has 1 aliphatic heterocycles. The molecule has 80 valence electrons. The number of amides is 1. The lowest BCUT2D eigenvalue weighted by Gasteiger charge is -2.16. The first-order valence-electron chi connectivity index (χ1n) is 4.54. The SMILES string of the molecule is O=C1CCCN1c1cc(F)c(Br)cc1F. The van der Waals surface area contributed by atoms with Crippen molar-refractivity contribution in [3.8, 4) is 0 Å². The number of rotatable bonds is 1. The molecule has 2 rings (SSSR count). The Balaban J connectivity index is 2.43. The van der Waals surface area contributed by atoms with Crippen molar-refractivity contribution in [2.45, 2.75) is 12.8 Å². The molecule has 0 aromatic heterocycles. The molecule has 1 saturated heterocycles. The Labute approximate surface area is 94.0 Å². The van der Waals surface area contributed by atoms with E-state index in [-0.39, 0.29) is 16.1 Å². The van der Waals surface area contributed by atoms with Gasteiger partial charge in [0.2, 0.25) is 5.91 Å². The van der Waals surface area contributed by atoms with Crippen molar-refractivity contribution < 1.29 is 13.6 Å². The van der Waals surface area contributed by atoms with Crippen LogP contribution in [-0.4, -0.2) is 12.5 Å². The molecular formula is C10H8BrF2NO. The maximum atomic E-state index is 13.5. The van der Waals surface area contributed by atoms with E-state index in [1.807, 2.05) is 0 Å². The van der Waals surface area contributed by atoms with Crippen molar-refractivity contribution in [1.29, 1.82) is 0 Å². The Hall–Kier alpha value is -0.970. The Morgan fingerprint density at radius 3 is 2.60 bits per heavy atom. The van der Waals surface area contributed by atoms with Gasteiger partial charge in [-0.1, -0.05) is 0 Å². The van der Waals surface area contributed by atoms with Gasteiger partial charge in [0.05, 0.1) is 10.2 Å². The number of halogens is 3. The summed E-state index contributed by atoms with van der Waals surface area (Å²) in [6.07, 6.45) is 1.09. The summed E-state index contributed by atoms with van der Waals surface area (Å²) in [6, 6.07) is 2.08. The second-order valence-corrected chi connectivity index (χ2v) is 4.22. The maximum Gasteiger partial charge on any atom is 0.227 e. The van der Waals surface area contributed by atoms with Crippen LogP contribution in [0.25, 0.3) is 0 Å². The molecule has 5 heteroatoms. The summed E-state index contributed by atoms with van der Waals surface area (Å²) in [5.74, 6) is -1.31. The largest absolute Gasteiger partial charge is 0.310 e. The van der Waals surface area contributed by atoms with Gasteiger partial charge in [-0.25, -0.2) is 8.78 Å². The Bertz CT molecular complexity index is 422. The van der Waals surface area contributed by atoms with Crippen LogP contribution in [-0.2, 0) is 4.79 Å². The molecule has 1 amide bonds. The van der Waals surface area contributed by atoms with Gasteiger partial charge in [0.1, 0.15) is 11.6 Å². The molecule has 0 N–H and O–H groups in total. The van der Waals surface area contributed by atoms with Crippen molar-refractivity contribution in [1.82, 2.24) is 0 Å². The maximum absolute atomic E-state index is 13.5. The van der Waals surface area contributed by atoms with Crippen LogP contribution in [0, 0.1) is 11.6 Å². The minimum absolute atomic E-state index is 0.0261. The van der Waals surface area contributed by atoms with Gasteiger partial charge in [0, 0.05) is 19.0 Å². The summed E-state index contributed by atoms with van der Waals surface area (Å²) >= 11 is 2.89. The van der Waals surface area contributed by atoms with Gasteiger partial charge in [-0.05, 0) is 28.4 Å². The van der Waals surface area contributed by atoms with Gasteiger partial charge < -0.3 is 4.90 Å². The highest BCUT2D eigenvalue weighted by atomic mass is 79.9. The van der Waals surface area contributed by atoms with Gasteiger partial charge >= 0.3 is 0 Å². The van der Waals surface area contributed by atoms with Crippen LogP contribution in [0.3, 0.4) is 0 Å². The fraction of sp³-hybridized carbons (Fsp3) is 0.300. The smallest absolute Gasteiger partial charge is 0.227 e. The normalized spacial score (nSPS) is 16.2. The average Bonchev–Trinajstić information content (AvgIpc) is 2.58. The standard InChI is InChI=1S/C10H8BrF2NO/c11-6-4-8(13)9(5-7(6)12)14-3-1-2-10(14)15/h4-5H,1-3H2. The third kappa shape index (κ3) is 1.88. The molecular weight excluding hydrogens is 268 g/mol. The van der Waals surface area contributed by atoms with E-state index in [1.165, 1.54) is 4.90 Å². The summed E-state index contributed by atoms with van der Waals surface area (Å²) in [5, 5.41) is 0. The lowest BCUT2D eigenvalue weighted by molar-refractivity contribution is -0.117. The number of nitrogens with zero attached hydrogens (tertiary/aromatic N) is 1. The zero-order valence-electron chi connectivity index (χ0n) is 7.77. The first kappa shape index (κ1) is 10.5. The highest BCUT2D eigenvalue weighted by Gasteiger charge is 2.25. The number of carbonyl (C=O) groups is 1. The summed E-state index contributed by atoms with van der Waals surface area (Å²) < 4.78 is 26.7. The van der Waals surface area contributed by atoms with E-state index in [9.17, 15) is 13.6 Å². The summed E-state index contributed by atoms with van der Waals surface area (Å²) in [5.41, 5.74) is 0.0261. The molecule has 0 atom stereocenters. The van der Waals surface area contributed by atoms with E-state index in [2.05, 4.69) is 15.9 Å². The third-order valence-electron chi connectivity index (χ3n) is 2.35. The predicted molar refractivity (Wildman–Crippen MR) is 55.6 cm³/mol. The van der Waals surface area contributed by atoms with Crippen LogP contribution in [0.4, 0.5) is 14.5 Å². The van der Waals surface area contributed by atoms with Crippen molar-refractivity contribution in [2.24, 2.45) is 0 Å². The fourth-order valence-corrected chi connectivity index (χ4v) is 1.94. The van der Waals surface area contributed by atoms with Crippen LogP contribution < -0.4 is 4.90 Å². The molecule has 1 aromatic carbocycles. The Kier molecular flexibility index (Phi) is 2.73. The monoisotopic (exact) mass is 275 g/mol. The summed E-state index contributed by atoms with van der Waals surface area (Å²) in [7, 11) is 0. The molecule has 0 bridgehead atoms. The second kappa shape index (κ2) is 3.89. The van der Waals surface area contributed by atoms with Gasteiger partial charge in [-0.2, -0.15) is 0 Å². The first-order valence-corrected chi connectivity index (χ1v) is 5.34.